The Labute approximate surface area is 159 Å². The Morgan fingerprint density at radius 2 is 1.69 bits per heavy atom. The Bertz CT molecular complexity index is 1050. The molecule has 0 saturated carbocycles. The lowest BCUT2D eigenvalue weighted by molar-refractivity contribution is 0.412. The maximum atomic E-state index is 12.3. The first kappa shape index (κ1) is 18.6. The number of ether oxygens (including phenoxy) is 1. The number of nitrogens with zero attached hydrogens (tertiary/aromatic N) is 3. The summed E-state index contributed by atoms with van der Waals surface area (Å²) in [5.74, 6) is 1.25. The van der Waals surface area contributed by atoms with Crippen molar-refractivity contribution in [2.24, 2.45) is 0 Å². The summed E-state index contributed by atoms with van der Waals surface area (Å²) >= 11 is 3.41. The lowest BCUT2D eigenvalue weighted by Crippen LogP contribution is -2.22. The summed E-state index contributed by atoms with van der Waals surface area (Å²) in [5.41, 5.74) is 1.24. The van der Waals surface area contributed by atoms with Crippen LogP contribution in [0.1, 0.15) is 0 Å². The number of halogens is 1. The predicted molar refractivity (Wildman–Crippen MR) is 100 cm³/mol. The predicted octanol–water partition coefficient (Wildman–Crippen LogP) is 3.43. The molecule has 136 valence electrons. The summed E-state index contributed by atoms with van der Waals surface area (Å²) in [6.45, 7) is 0. The first-order valence-corrected chi connectivity index (χ1v) is 9.76. The molecule has 0 aliphatic carbocycles. The highest BCUT2D eigenvalue weighted by molar-refractivity contribution is 9.10. The van der Waals surface area contributed by atoms with Crippen LogP contribution in [0.4, 0.5) is 0 Å². The van der Waals surface area contributed by atoms with Crippen molar-refractivity contribution < 1.29 is 17.6 Å². The van der Waals surface area contributed by atoms with Gasteiger partial charge in [0.05, 0.1) is 16.5 Å². The monoisotopic (exact) mass is 437 g/mol. The van der Waals surface area contributed by atoms with E-state index in [0.29, 0.717) is 22.8 Å². The lowest BCUT2D eigenvalue weighted by atomic mass is 10.2. The zero-order valence-corrected chi connectivity index (χ0v) is 16.7. The van der Waals surface area contributed by atoms with Crippen LogP contribution in [0.5, 0.6) is 5.75 Å². The molecule has 3 rings (SSSR count). The van der Waals surface area contributed by atoms with Crippen molar-refractivity contribution >= 4 is 26.0 Å². The second kappa shape index (κ2) is 7.18. The molecule has 0 atom stereocenters. The van der Waals surface area contributed by atoms with E-state index >= 15 is 0 Å². The van der Waals surface area contributed by atoms with Crippen LogP contribution in [0.3, 0.4) is 0 Å². The molecule has 7 nitrogen and oxygen atoms in total. The van der Waals surface area contributed by atoms with Crippen molar-refractivity contribution in [3.8, 4) is 28.7 Å². The van der Waals surface area contributed by atoms with Crippen LogP contribution >= 0.6 is 15.9 Å². The number of benzene rings is 2. The second-order valence-electron chi connectivity index (χ2n) is 5.58. The molecular formula is C17H16BrN3O4S. The van der Waals surface area contributed by atoms with E-state index in [1.54, 1.807) is 31.4 Å². The number of sulfonamides is 1. The Kier molecular flexibility index (Phi) is 5.12. The van der Waals surface area contributed by atoms with Crippen LogP contribution < -0.4 is 4.74 Å². The Hall–Kier alpha value is -2.23. The van der Waals surface area contributed by atoms with Gasteiger partial charge in [-0.3, -0.25) is 0 Å². The fourth-order valence-electron chi connectivity index (χ4n) is 2.26. The van der Waals surface area contributed by atoms with Crippen LogP contribution in [0, 0.1) is 0 Å². The normalized spacial score (nSPS) is 11.7. The molecule has 0 N–H and O–H groups in total. The molecule has 0 aliphatic heterocycles. The second-order valence-corrected chi connectivity index (χ2v) is 8.58. The van der Waals surface area contributed by atoms with Crippen LogP contribution in [-0.2, 0) is 10.0 Å². The molecule has 0 fully saturated rings. The average molecular weight is 438 g/mol. The summed E-state index contributed by atoms with van der Waals surface area (Å²) in [6.07, 6.45) is 0. The largest absolute Gasteiger partial charge is 0.496 e. The quantitative estimate of drug-likeness (QED) is 0.607. The highest BCUT2D eigenvalue weighted by atomic mass is 79.9. The van der Waals surface area contributed by atoms with Crippen LogP contribution in [0.15, 0.2) is 56.2 Å². The van der Waals surface area contributed by atoms with Crippen molar-refractivity contribution in [1.29, 1.82) is 0 Å². The average Bonchev–Trinajstić information content (AvgIpc) is 3.12. The number of rotatable bonds is 5. The Morgan fingerprint density at radius 3 is 2.27 bits per heavy atom. The molecule has 2 aromatic carbocycles. The van der Waals surface area contributed by atoms with E-state index in [1.807, 2.05) is 6.07 Å². The zero-order valence-electron chi connectivity index (χ0n) is 14.3. The molecule has 9 heteroatoms. The van der Waals surface area contributed by atoms with Gasteiger partial charge in [0.1, 0.15) is 5.75 Å². The summed E-state index contributed by atoms with van der Waals surface area (Å²) in [6, 6.07) is 11.8. The molecule has 0 radical (unpaired) electrons. The molecule has 0 amide bonds. The van der Waals surface area contributed by atoms with Crippen LogP contribution in [0.25, 0.3) is 22.9 Å². The van der Waals surface area contributed by atoms with E-state index in [0.717, 1.165) is 8.78 Å². The molecular weight excluding hydrogens is 422 g/mol. The topological polar surface area (TPSA) is 85.5 Å². The maximum absolute atomic E-state index is 12.3. The van der Waals surface area contributed by atoms with E-state index in [2.05, 4.69) is 26.1 Å². The van der Waals surface area contributed by atoms with E-state index < -0.39 is 10.0 Å². The van der Waals surface area contributed by atoms with E-state index in [-0.39, 0.29) is 10.8 Å². The van der Waals surface area contributed by atoms with Gasteiger partial charge in [0, 0.05) is 25.2 Å². The molecule has 0 saturated heterocycles. The van der Waals surface area contributed by atoms with Gasteiger partial charge in [-0.15, -0.1) is 10.2 Å². The molecule has 3 aromatic rings. The molecule has 0 bridgehead atoms. The number of hydrogen-bond donors (Lipinski definition) is 0. The molecule has 0 aliphatic rings. The van der Waals surface area contributed by atoms with Gasteiger partial charge in [-0.25, -0.2) is 12.7 Å². The van der Waals surface area contributed by atoms with Gasteiger partial charge in [-0.1, -0.05) is 6.07 Å². The fraction of sp³-hybridized carbons (Fsp3) is 0.176. The third-order valence-corrected chi connectivity index (χ3v) is 6.11. The SMILES string of the molecule is COc1ccc(-c2nnc(-c3cccc(S(=O)(=O)N(C)C)c3)o2)cc1Br. The minimum absolute atomic E-state index is 0.159. The van der Waals surface area contributed by atoms with Gasteiger partial charge in [0.2, 0.25) is 21.8 Å². The van der Waals surface area contributed by atoms with E-state index in [9.17, 15) is 8.42 Å². The van der Waals surface area contributed by atoms with Crippen LogP contribution in [0.2, 0.25) is 0 Å². The summed E-state index contributed by atoms with van der Waals surface area (Å²) in [7, 11) is 1.00. The number of hydrogen-bond acceptors (Lipinski definition) is 6. The zero-order chi connectivity index (χ0) is 18.9. The molecule has 1 heterocycles. The van der Waals surface area contributed by atoms with Gasteiger partial charge < -0.3 is 9.15 Å². The highest BCUT2D eigenvalue weighted by Crippen LogP contribution is 2.31. The Morgan fingerprint density at radius 1 is 1.04 bits per heavy atom. The molecule has 26 heavy (non-hydrogen) atoms. The third kappa shape index (κ3) is 3.50. The molecule has 0 unspecified atom stereocenters. The summed E-state index contributed by atoms with van der Waals surface area (Å²) in [4.78, 5) is 0.159. The van der Waals surface area contributed by atoms with Crippen molar-refractivity contribution in [3.63, 3.8) is 0 Å². The summed E-state index contributed by atoms with van der Waals surface area (Å²) in [5, 5.41) is 8.08. The van der Waals surface area contributed by atoms with Gasteiger partial charge in [-0.2, -0.15) is 0 Å². The minimum atomic E-state index is -3.54. The van der Waals surface area contributed by atoms with E-state index in [4.69, 9.17) is 9.15 Å². The van der Waals surface area contributed by atoms with Gasteiger partial charge in [-0.05, 0) is 52.3 Å². The van der Waals surface area contributed by atoms with Crippen molar-refractivity contribution in [1.82, 2.24) is 14.5 Å². The van der Waals surface area contributed by atoms with Gasteiger partial charge >= 0.3 is 0 Å². The van der Waals surface area contributed by atoms with Gasteiger partial charge in [0.25, 0.3) is 0 Å². The lowest BCUT2D eigenvalue weighted by Gasteiger charge is -2.11. The van der Waals surface area contributed by atoms with Crippen molar-refractivity contribution in [2.45, 2.75) is 4.90 Å². The van der Waals surface area contributed by atoms with Crippen LogP contribution in [-0.4, -0.2) is 44.1 Å². The molecule has 0 spiro atoms. The molecule has 1 aromatic heterocycles. The number of methoxy groups -OCH3 is 1. The first-order chi connectivity index (χ1) is 12.3. The van der Waals surface area contributed by atoms with Crippen molar-refractivity contribution in [2.75, 3.05) is 21.2 Å². The minimum Gasteiger partial charge on any atom is -0.496 e. The third-order valence-electron chi connectivity index (χ3n) is 3.68. The standard InChI is InChI=1S/C17H16BrN3O4S/c1-21(2)26(22,23)13-6-4-5-11(9-13)16-19-20-17(25-16)12-7-8-15(24-3)14(18)10-12/h4-10H,1-3H3. The maximum Gasteiger partial charge on any atom is 0.248 e. The smallest absolute Gasteiger partial charge is 0.248 e. The number of aromatic nitrogens is 2. The van der Waals surface area contributed by atoms with E-state index in [1.165, 1.54) is 26.2 Å². The fourth-order valence-corrected chi connectivity index (χ4v) is 3.75. The van der Waals surface area contributed by atoms with Gasteiger partial charge in [0.15, 0.2) is 0 Å². The highest BCUT2D eigenvalue weighted by Gasteiger charge is 2.19. The Balaban J connectivity index is 1.97. The first-order valence-electron chi connectivity index (χ1n) is 7.53. The van der Waals surface area contributed by atoms with Crippen molar-refractivity contribution in [3.05, 3.63) is 46.9 Å². The summed E-state index contributed by atoms with van der Waals surface area (Å²) < 4.78 is 37.4.